The lowest BCUT2D eigenvalue weighted by atomic mass is 10.3. The van der Waals surface area contributed by atoms with Gasteiger partial charge in [-0.3, -0.25) is 0 Å². The summed E-state index contributed by atoms with van der Waals surface area (Å²) in [5, 5.41) is 8.51. The van der Waals surface area contributed by atoms with Crippen molar-refractivity contribution in [1.29, 1.82) is 0 Å². The highest BCUT2D eigenvalue weighted by Gasteiger charge is 2.07. The molecule has 0 radical (unpaired) electrons. The molecule has 0 atom stereocenters. The Morgan fingerprint density at radius 3 is 2.08 bits per heavy atom. The van der Waals surface area contributed by atoms with Crippen LogP contribution in [0.2, 0.25) is 0 Å². The molecule has 0 aromatic heterocycles. The van der Waals surface area contributed by atoms with Gasteiger partial charge in [-0.05, 0) is 19.1 Å². The molecule has 0 aliphatic carbocycles. The van der Waals surface area contributed by atoms with E-state index in [2.05, 4.69) is 0 Å². The summed E-state index contributed by atoms with van der Waals surface area (Å²) < 4.78 is 26.1. The monoisotopic (exact) mass is 354 g/mol. The van der Waals surface area contributed by atoms with Crippen LogP contribution in [0.5, 0.6) is 5.75 Å². The van der Waals surface area contributed by atoms with Gasteiger partial charge in [0.25, 0.3) is 0 Å². The summed E-state index contributed by atoms with van der Waals surface area (Å²) in [5.41, 5.74) is 0.370. The number of esters is 1. The average Bonchev–Trinajstić information content (AvgIpc) is 2.63. The molecule has 1 rings (SSSR count). The molecule has 0 aliphatic rings. The number of hydrogen-bond acceptors (Lipinski definition) is 7. The molecule has 1 aromatic rings. The van der Waals surface area contributed by atoms with Crippen LogP contribution in [0.1, 0.15) is 6.92 Å². The molecule has 0 unspecified atom stereocenters. The van der Waals surface area contributed by atoms with Crippen LogP contribution in [0.3, 0.4) is 0 Å². The zero-order chi connectivity index (χ0) is 18.2. The summed E-state index contributed by atoms with van der Waals surface area (Å²) in [6.07, 6.45) is 1.36. The second-order valence-corrected chi connectivity index (χ2v) is 4.93. The Morgan fingerprint density at radius 2 is 1.48 bits per heavy atom. The second kappa shape index (κ2) is 14.4. The van der Waals surface area contributed by atoms with Gasteiger partial charge >= 0.3 is 5.97 Å². The minimum absolute atomic E-state index is 0.0149. The molecule has 0 amide bonds. The van der Waals surface area contributed by atoms with Crippen molar-refractivity contribution >= 4 is 5.97 Å². The summed E-state index contributed by atoms with van der Waals surface area (Å²) in [5.74, 6) is 0.0364. The number of benzene rings is 1. The van der Waals surface area contributed by atoms with Gasteiger partial charge in [-0.25, -0.2) is 4.79 Å². The summed E-state index contributed by atoms with van der Waals surface area (Å²) in [6, 6.07) is 8.85. The van der Waals surface area contributed by atoms with E-state index in [-0.39, 0.29) is 6.61 Å². The van der Waals surface area contributed by atoms with E-state index in [0.717, 1.165) is 0 Å². The van der Waals surface area contributed by atoms with Crippen LogP contribution in [0.15, 0.2) is 42.2 Å². The van der Waals surface area contributed by atoms with Crippen LogP contribution in [0, 0.1) is 0 Å². The Balaban J connectivity index is 1.99. The molecule has 1 N–H and O–H groups in total. The van der Waals surface area contributed by atoms with E-state index in [4.69, 9.17) is 28.8 Å². The van der Waals surface area contributed by atoms with Gasteiger partial charge in [0.1, 0.15) is 12.4 Å². The first-order valence-corrected chi connectivity index (χ1v) is 8.13. The molecular weight excluding hydrogens is 328 g/mol. The van der Waals surface area contributed by atoms with E-state index in [1.807, 2.05) is 6.07 Å². The van der Waals surface area contributed by atoms with Crippen LogP contribution in [-0.4, -0.2) is 63.9 Å². The SMILES string of the molecule is CC(=COCCOCCOCCOCCO)C(=O)Oc1ccccc1. The van der Waals surface area contributed by atoms with Gasteiger partial charge in [-0.1, -0.05) is 18.2 Å². The van der Waals surface area contributed by atoms with Gasteiger partial charge in [0.15, 0.2) is 0 Å². The second-order valence-electron chi connectivity index (χ2n) is 4.93. The number of carbonyl (C=O) groups is 1. The Kier molecular flexibility index (Phi) is 12.2. The average molecular weight is 354 g/mol. The topological polar surface area (TPSA) is 83.5 Å². The van der Waals surface area contributed by atoms with Crippen molar-refractivity contribution in [3.05, 3.63) is 42.2 Å². The molecule has 0 heterocycles. The highest BCUT2D eigenvalue weighted by Crippen LogP contribution is 2.10. The van der Waals surface area contributed by atoms with Crippen molar-refractivity contribution in [3.8, 4) is 5.75 Å². The highest BCUT2D eigenvalue weighted by molar-refractivity contribution is 5.89. The number of hydrogen-bond donors (Lipinski definition) is 1. The molecule has 140 valence electrons. The van der Waals surface area contributed by atoms with Crippen molar-refractivity contribution < 1.29 is 33.6 Å². The van der Waals surface area contributed by atoms with Gasteiger partial charge in [0.2, 0.25) is 0 Å². The lowest BCUT2D eigenvalue weighted by molar-refractivity contribution is -0.130. The van der Waals surface area contributed by atoms with Crippen molar-refractivity contribution in [2.75, 3.05) is 52.9 Å². The van der Waals surface area contributed by atoms with Crippen LogP contribution in [0.4, 0.5) is 0 Å². The highest BCUT2D eigenvalue weighted by atomic mass is 16.6. The molecule has 0 spiro atoms. The predicted molar refractivity (Wildman–Crippen MR) is 91.3 cm³/mol. The molecule has 1 aromatic carbocycles. The lowest BCUT2D eigenvalue weighted by Crippen LogP contribution is -2.12. The summed E-state index contributed by atoms with van der Waals surface area (Å²) in [4.78, 5) is 11.8. The molecule has 0 aliphatic heterocycles. The minimum atomic E-state index is -0.455. The summed E-state index contributed by atoms with van der Waals surface area (Å²) in [7, 11) is 0. The minimum Gasteiger partial charge on any atom is -0.498 e. The fraction of sp³-hybridized carbons (Fsp3) is 0.500. The van der Waals surface area contributed by atoms with Crippen molar-refractivity contribution in [2.45, 2.75) is 6.92 Å². The zero-order valence-corrected chi connectivity index (χ0v) is 14.5. The van der Waals surface area contributed by atoms with Crippen LogP contribution >= 0.6 is 0 Å². The maximum absolute atomic E-state index is 11.8. The van der Waals surface area contributed by atoms with E-state index in [1.54, 1.807) is 31.2 Å². The normalized spacial score (nSPS) is 11.4. The van der Waals surface area contributed by atoms with E-state index >= 15 is 0 Å². The van der Waals surface area contributed by atoms with E-state index in [0.29, 0.717) is 57.6 Å². The molecular formula is C18H26O7. The fourth-order valence-electron chi connectivity index (χ4n) is 1.62. The summed E-state index contributed by atoms with van der Waals surface area (Å²) >= 11 is 0. The lowest BCUT2D eigenvalue weighted by Gasteiger charge is -2.07. The molecule has 0 bridgehead atoms. The summed E-state index contributed by atoms with van der Waals surface area (Å²) in [6.45, 7) is 4.50. The molecule has 25 heavy (non-hydrogen) atoms. The quantitative estimate of drug-likeness (QED) is 0.178. The third-order valence-electron chi connectivity index (χ3n) is 2.86. The van der Waals surface area contributed by atoms with Crippen molar-refractivity contribution in [1.82, 2.24) is 0 Å². The Hall–Kier alpha value is -1.93. The van der Waals surface area contributed by atoms with Crippen molar-refractivity contribution in [2.24, 2.45) is 0 Å². The Morgan fingerprint density at radius 1 is 0.920 bits per heavy atom. The number of ether oxygens (including phenoxy) is 5. The van der Waals surface area contributed by atoms with Crippen LogP contribution in [0.25, 0.3) is 0 Å². The fourth-order valence-corrected chi connectivity index (χ4v) is 1.62. The molecule has 0 saturated carbocycles. The zero-order valence-electron chi connectivity index (χ0n) is 14.5. The van der Waals surface area contributed by atoms with Gasteiger partial charge in [0.05, 0.1) is 58.1 Å². The molecule has 0 saturated heterocycles. The predicted octanol–water partition coefficient (Wildman–Crippen LogP) is 1.55. The van der Waals surface area contributed by atoms with E-state index in [1.165, 1.54) is 6.26 Å². The third kappa shape index (κ3) is 11.3. The van der Waals surface area contributed by atoms with Gasteiger partial charge < -0.3 is 28.8 Å². The Labute approximate surface area is 148 Å². The first-order chi connectivity index (χ1) is 12.2. The molecule has 7 nitrogen and oxygen atoms in total. The van der Waals surface area contributed by atoms with E-state index < -0.39 is 5.97 Å². The first kappa shape index (κ1) is 21.1. The number of para-hydroxylation sites is 1. The first-order valence-electron chi connectivity index (χ1n) is 8.13. The smallest absolute Gasteiger partial charge is 0.342 e. The largest absolute Gasteiger partial charge is 0.498 e. The Bertz CT molecular complexity index is 487. The van der Waals surface area contributed by atoms with Gasteiger partial charge in [0, 0.05) is 0 Å². The maximum atomic E-state index is 11.8. The van der Waals surface area contributed by atoms with Crippen molar-refractivity contribution in [3.63, 3.8) is 0 Å². The maximum Gasteiger partial charge on any atom is 0.342 e. The van der Waals surface area contributed by atoms with Crippen LogP contribution < -0.4 is 4.74 Å². The van der Waals surface area contributed by atoms with E-state index in [9.17, 15) is 4.79 Å². The number of aliphatic hydroxyl groups excluding tert-OH is 1. The molecule has 7 heteroatoms. The number of aliphatic hydroxyl groups is 1. The number of rotatable bonds is 14. The standard InChI is InChI=1S/C18H26O7/c1-16(18(20)25-17-5-3-2-4-6-17)15-24-14-13-23-12-11-22-10-9-21-8-7-19/h2-6,15,19H,7-14H2,1H3. The molecule has 0 fully saturated rings. The van der Waals surface area contributed by atoms with Gasteiger partial charge in [-0.2, -0.15) is 0 Å². The van der Waals surface area contributed by atoms with Gasteiger partial charge in [-0.15, -0.1) is 0 Å². The number of carbonyl (C=O) groups excluding carboxylic acids is 1. The van der Waals surface area contributed by atoms with Crippen LogP contribution in [-0.2, 0) is 23.7 Å². The third-order valence-corrected chi connectivity index (χ3v) is 2.86.